The van der Waals surface area contributed by atoms with Crippen molar-refractivity contribution in [2.24, 2.45) is 0 Å². The molecule has 3 aromatic rings. The molecule has 2 saturated heterocycles. The van der Waals surface area contributed by atoms with Crippen molar-refractivity contribution in [2.45, 2.75) is 50.6 Å². The maximum atomic E-state index is 13.7. The van der Waals surface area contributed by atoms with Crippen LogP contribution in [0.3, 0.4) is 0 Å². The number of hydrogen-bond acceptors (Lipinski definition) is 5. The van der Waals surface area contributed by atoms with E-state index in [1.165, 1.54) is 0 Å². The maximum Gasteiger partial charge on any atom is 0.434 e. The van der Waals surface area contributed by atoms with Crippen LogP contribution in [0.25, 0.3) is 11.3 Å². The highest BCUT2D eigenvalue weighted by atomic mass is 19.4. The van der Waals surface area contributed by atoms with Crippen molar-refractivity contribution in [2.75, 3.05) is 0 Å². The quantitative estimate of drug-likeness (QED) is 0.572. The lowest BCUT2D eigenvalue weighted by Crippen LogP contribution is -2.39. The molecule has 0 N–H and O–H groups in total. The van der Waals surface area contributed by atoms with Crippen LogP contribution in [0, 0.1) is 6.92 Å². The van der Waals surface area contributed by atoms with E-state index in [1.54, 1.807) is 6.20 Å². The van der Waals surface area contributed by atoms with E-state index in [9.17, 15) is 18.0 Å². The molecular formula is C24H21F3N4O2. The topological polar surface area (TPSA) is 68.2 Å². The summed E-state index contributed by atoms with van der Waals surface area (Å²) in [6.07, 6.45) is 0.675. The van der Waals surface area contributed by atoms with Crippen LogP contribution in [-0.4, -0.2) is 43.9 Å². The molecule has 2 aromatic heterocycles. The van der Waals surface area contributed by atoms with Gasteiger partial charge in [0.15, 0.2) is 5.69 Å². The zero-order valence-electron chi connectivity index (χ0n) is 17.8. The fourth-order valence-corrected chi connectivity index (χ4v) is 4.89. The highest BCUT2D eigenvalue weighted by Crippen LogP contribution is 2.41. The first kappa shape index (κ1) is 21.4. The van der Waals surface area contributed by atoms with Crippen molar-refractivity contribution in [3.63, 3.8) is 0 Å². The smallest absolute Gasteiger partial charge is 0.434 e. The van der Waals surface area contributed by atoms with Gasteiger partial charge in [0, 0.05) is 29.8 Å². The Labute approximate surface area is 188 Å². The summed E-state index contributed by atoms with van der Waals surface area (Å²) in [6.45, 7) is 1.95. The van der Waals surface area contributed by atoms with E-state index in [1.807, 2.05) is 48.2 Å². The largest absolute Gasteiger partial charge is 0.471 e. The summed E-state index contributed by atoms with van der Waals surface area (Å²) in [7, 11) is 0. The predicted molar refractivity (Wildman–Crippen MR) is 113 cm³/mol. The molecule has 1 aromatic carbocycles. The number of alkyl halides is 3. The van der Waals surface area contributed by atoms with Crippen LogP contribution in [0.4, 0.5) is 13.2 Å². The Morgan fingerprint density at radius 2 is 1.91 bits per heavy atom. The van der Waals surface area contributed by atoms with Gasteiger partial charge in [-0.2, -0.15) is 13.2 Å². The lowest BCUT2D eigenvalue weighted by molar-refractivity contribution is -0.141. The molecule has 9 heteroatoms. The molecule has 0 spiro atoms. The van der Waals surface area contributed by atoms with E-state index >= 15 is 0 Å². The first-order valence-corrected chi connectivity index (χ1v) is 10.7. The number of aryl methyl sites for hydroxylation is 1. The van der Waals surface area contributed by atoms with Gasteiger partial charge in [-0.25, -0.2) is 9.97 Å². The van der Waals surface area contributed by atoms with E-state index in [0.29, 0.717) is 18.2 Å². The highest BCUT2D eigenvalue weighted by molar-refractivity contribution is 6.01. The molecule has 0 saturated carbocycles. The van der Waals surface area contributed by atoms with Gasteiger partial charge in [-0.1, -0.05) is 18.2 Å². The maximum absolute atomic E-state index is 13.7. The number of aromatic nitrogens is 3. The Kier molecular flexibility index (Phi) is 5.26. The number of nitrogens with zero attached hydrogens (tertiary/aromatic N) is 4. The number of fused-ring (bicyclic) bond motifs is 2. The number of hydrogen-bond donors (Lipinski definition) is 0. The van der Waals surface area contributed by atoms with Gasteiger partial charge in [0.05, 0.1) is 24.1 Å². The molecule has 0 radical (unpaired) electrons. The number of rotatable bonds is 4. The van der Waals surface area contributed by atoms with Crippen LogP contribution in [0.2, 0.25) is 0 Å². The number of pyridine rings is 1. The third-order valence-corrected chi connectivity index (χ3v) is 6.33. The number of halogens is 3. The summed E-state index contributed by atoms with van der Waals surface area (Å²) in [6, 6.07) is 11.1. The van der Waals surface area contributed by atoms with Gasteiger partial charge in [0.2, 0.25) is 5.88 Å². The predicted octanol–water partition coefficient (Wildman–Crippen LogP) is 4.69. The average molecular weight is 454 g/mol. The molecule has 4 heterocycles. The summed E-state index contributed by atoms with van der Waals surface area (Å²) in [4.78, 5) is 27.2. The molecule has 2 aliphatic rings. The minimum absolute atomic E-state index is 0.00648. The van der Waals surface area contributed by atoms with Crippen molar-refractivity contribution in [1.82, 2.24) is 19.9 Å². The van der Waals surface area contributed by atoms with Gasteiger partial charge in [0.1, 0.15) is 6.10 Å². The Bertz CT molecular complexity index is 1170. The molecule has 3 atom stereocenters. The van der Waals surface area contributed by atoms with E-state index in [-0.39, 0.29) is 30.0 Å². The number of amides is 1. The van der Waals surface area contributed by atoms with Crippen molar-refractivity contribution in [3.8, 4) is 17.1 Å². The van der Waals surface area contributed by atoms with E-state index in [0.717, 1.165) is 35.9 Å². The minimum atomic E-state index is -4.56. The van der Waals surface area contributed by atoms with Crippen LogP contribution in [0.5, 0.6) is 5.88 Å². The fourth-order valence-electron chi connectivity index (χ4n) is 4.89. The zero-order chi connectivity index (χ0) is 23.2. The van der Waals surface area contributed by atoms with Crippen LogP contribution in [0.1, 0.15) is 40.9 Å². The highest BCUT2D eigenvalue weighted by Gasteiger charge is 2.50. The average Bonchev–Trinajstić information content (AvgIpc) is 3.36. The SMILES string of the molecule is Cc1cccc(C(=O)N2[C@@H]3CC[C@H]2[C@H](Oc2cnc(C(F)(F)F)cn2)C3)c1-c1ccccn1. The minimum Gasteiger partial charge on any atom is -0.471 e. The molecule has 2 bridgehead atoms. The molecular weight excluding hydrogens is 433 g/mol. The standard InChI is InChI=1S/C24H21F3N4O2/c1-14-5-4-6-16(22(14)17-7-2-3-10-28-17)23(32)31-15-8-9-18(31)19(11-15)33-21-13-29-20(12-30-21)24(25,26)27/h2-7,10,12-13,15,18-19H,8-9,11H2,1H3/t15-,18+,19-/m1/s1. The summed E-state index contributed by atoms with van der Waals surface area (Å²) in [5.74, 6) is -0.0610. The summed E-state index contributed by atoms with van der Waals surface area (Å²) >= 11 is 0. The number of carbonyl (C=O) groups is 1. The molecule has 6 nitrogen and oxygen atoms in total. The Hall–Kier alpha value is -3.49. The van der Waals surface area contributed by atoms with E-state index in [2.05, 4.69) is 15.0 Å². The molecule has 1 amide bonds. The second kappa shape index (κ2) is 8.13. The van der Waals surface area contributed by atoms with E-state index < -0.39 is 11.9 Å². The van der Waals surface area contributed by atoms with Gasteiger partial charge in [-0.15, -0.1) is 0 Å². The molecule has 170 valence electrons. The Morgan fingerprint density at radius 1 is 1.06 bits per heavy atom. The first-order chi connectivity index (χ1) is 15.8. The Morgan fingerprint density at radius 3 is 2.61 bits per heavy atom. The molecule has 33 heavy (non-hydrogen) atoms. The number of ether oxygens (including phenoxy) is 1. The van der Waals surface area contributed by atoms with Gasteiger partial charge in [-0.3, -0.25) is 9.78 Å². The molecule has 0 aliphatic carbocycles. The van der Waals surface area contributed by atoms with Crippen LogP contribution < -0.4 is 4.74 Å². The second-order valence-electron chi connectivity index (χ2n) is 8.35. The molecule has 0 unspecified atom stereocenters. The number of carbonyl (C=O) groups excluding carboxylic acids is 1. The molecule has 2 fully saturated rings. The van der Waals surface area contributed by atoms with Gasteiger partial charge >= 0.3 is 6.18 Å². The summed E-state index contributed by atoms with van der Waals surface area (Å²) in [5, 5.41) is 0. The monoisotopic (exact) mass is 454 g/mol. The van der Waals surface area contributed by atoms with Crippen molar-refractivity contribution in [3.05, 3.63) is 71.8 Å². The van der Waals surface area contributed by atoms with Gasteiger partial charge in [-0.05, 0) is 43.5 Å². The van der Waals surface area contributed by atoms with Crippen LogP contribution in [-0.2, 0) is 6.18 Å². The van der Waals surface area contributed by atoms with Crippen LogP contribution >= 0.6 is 0 Å². The summed E-state index contributed by atoms with van der Waals surface area (Å²) in [5.41, 5.74) is 2.01. The lowest BCUT2D eigenvalue weighted by Gasteiger charge is -2.25. The molecule has 2 aliphatic heterocycles. The fraction of sp³-hybridized carbons (Fsp3) is 0.333. The van der Waals surface area contributed by atoms with Gasteiger partial charge in [0.25, 0.3) is 5.91 Å². The lowest BCUT2D eigenvalue weighted by atomic mass is 9.97. The van der Waals surface area contributed by atoms with Crippen molar-refractivity contribution < 1.29 is 22.7 Å². The number of benzene rings is 1. The molecule has 5 rings (SSSR count). The Balaban J connectivity index is 1.39. The van der Waals surface area contributed by atoms with Crippen molar-refractivity contribution >= 4 is 5.91 Å². The van der Waals surface area contributed by atoms with Crippen LogP contribution in [0.15, 0.2) is 55.0 Å². The van der Waals surface area contributed by atoms with E-state index in [4.69, 9.17) is 4.74 Å². The normalized spacial score (nSPS) is 21.9. The summed E-state index contributed by atoms with van der Waals surface area (Å²) < 4.78 is 44.1. The first-order valence-electron chi connectivity index (χ1n) is 10.7. The van der Waals surface area contributed by atoms with Gasteiger partial charge < -0.3 is 9.64 Å². The third kappa shape index (κ3) is 3.92. The zero-order valence-corrected chi connectivity index (χ0v) is 17.8. The second-order valence-corrected chi connectivity index (χ2v) is 8.35. The third-order valence-electron chi connectivity index (χ3n) is 6.33. The van der Waals surface area contributed by atoms with Crippen molar-refractivity contribution in [1.29, 1.82) is 0 Å².